The Balaban J connectivity index is 1.87. The van der Waals surface area contributed by atoms with Crippen LogP contribution in [0.5, 0.6) is 0 Å². The number of hydrogen-bond acceptors (Lipinski definition) is 5. The van der Waals surface area contributed by atoms with Crippen LogP contribution >= 0.6 is 11.8 Å². The molecule has 3 rings (SSSR count). The van der Waals surface area contributed by atoms with Crippen molar-refractivity contribution in [3.05, 3.63) is 106 Å². The molecule has 3 aromatic rings. The number of thioether (sulfide) groups is 1. The standard InChI is InChI=1S/C23H19N3O4S/c1-31-20-13-9-18(10-14-20)24-23(28)21(25-22(27)17-5-3-2-4-6-17)15-16-7-11-19(12-8-16)26(29)30/h2-15H,1H3,(H,24,28)(H,25,27)/b21-15-. The van der Waals surface area contributed by atoms with Crippen LogP contribution in [0, 0.1) is 10.1 Å². The number of non-ortho nitro benzene ring substituents is 1. The average molecular weight is 433 g/mol. The molecule has 2 N–H and O–H groups in total. The van der Waals surface area contributed by atoms with E-state index in [1.54, 1.807) is 54.2 Å². The van der Waals surface area contributed by atoms with Crippen molar-refractivity contribution in [2.24, 2.45) is 0 Å². The third-order valence-corrected chi connectivity index (χ3v) is 5.04. The summed E-state index contributed by atoms with van der Waals surface area (Å²) in [6.45, 7) is 0. The largest absolute Gasteiger partial charge is 0.321 e. The van der Waals surface area contributed by atoms with Crippen molar-refractivity contribution in [1.29, 1.82) is 0 Å². The van der Waals surface area contributed by atoms with E-state index in [4.69, 9.17) is 0 Å². The fourth-order valence-electron chi connectivity index (χ4n) is 2.67. The highest BCUT2D eigenvalue weighted by Crippen LogP contribution is 2.19. The van der Waals surface area contributed by atoms with Gasteiger partial charge in [0.25, 0.3) is 17.5 Å². The molecular formula is C23H19N3O4S. The van der Waals surface area contributed by atoms with E-state index in [0.717, 1.165) is 4.90 Å². The number of benzene rings is 3. The van der Waals surface area contributed by atoms with Crippen LogP contribution in [0.1, 0.15) is 15.9 Å². The summed E-state index contributed by atoms with van der Waals surface area (Å²) in [5.74, 6) is -0.957. The van der Waals surface area contributed by atoms with Crippen molar-refractivity contribution >= 4 is 41.0 Å². The van der Waals surface area contributed by atoms with Gasteiger partial charge in [0.05, 0.1) is 4.92 Å². The second kappa shape index (κ2) is 10.2. The van der Waals surface area contributed by atoms with Gasteiger partial charge in [-0.15, -0.1) is 11.8 Å². The Bertz CT molecular complexity index is 1110. The van der Waals surface area contributed by atoms with Crippen molar-refractivity contribution in [1.82, 2.24) is 5.32 Å². The first-order chi connectivity index (χ1) is 15.0. The van der Waals surface area contributed by atoms with Gasteiger partial charge in [-0.05, 0) is 66.4 Å². The van der Waals surface area contributed by atoms with Crippen LogP contribution in [-0.4, -0.2) is 23.0 Å². The van der Waals surface area contributed by atoms with Crippen LogP contribution in [0.2, 0.25) is 0 Å². The first-order valence-electron chi connectivity index (χ1n) is 9.24. The lowest BCUT2D eigenvalue weighted by Gasteiger charge is -2.12. The lowest BCUT2D eigenvalue weighted by molar-refractivity contribution is -0.384. The molecule has 0 aliphatic carbocycles. The number of nitrogens with zero attached hydrogens (tertiary/aromatic N) is 1. The van der Waals surface area contributed by atoms with Crippen molar-refractivity contribution < 1.29 is 14.5 Å². The Kier molecular flexibility index (Phi) is 7.18. The van der Waals surface area contributed by atoms with E-state index < -0.39 is 16.7 Å². The van der Waals surface area contributed by atoms with E-state index in [2.05, 4.69) is 10.6 Å². The SMILES string of the molecule is CSc1ccc(NC(=O)/C(=C/c2ccc([N+](=O)[O-])cc2)NC(=O)c2ccccc2)cc1. The first kappa shape index (κ1) is 21.8. The highest BCUT2D eigenvalue weighted by atomic mass is 32.2. The van der Waals surface area contributed by atoms with E-state index in [1.807, 2.05) is 18.4 Å². The fraction of sp³-hybridized carbons (Fsp3) is 0.0435. The van der Waals surface area contributed by atoms with E-state index in [1.165, 1.54) is 30.3 Å². The third-order valence-electron chi connectivity index (χ3n) is 4.29. The monoisotopic (exact) mass is 433 g/mol. The summed E-state index contributed by atoms with van der Waals surface area (Å²) in [5, 5.41) is 16.3. The average Bonchev–Trinajstić information content (AvgIpc) is 2.80. The number of carbonyl (C=O) groups is 2. The maximum atomic E-state index is 12.9. The zero-order valence-corrected chi connectivity index (χ0v) is 17.4. The number of nitro groups is 1. The van der Waals surface area contributed by atoms with Gasteiger partial charge in [-0.1, -0.05) is 18.2 Å². The molecule has 0 fully saturated rings. The molecule has 156 valence electrons. The maximum absolute atomic E-state index is 12.9. The molecule has 0 aliphatic rings. The molecular weight excluding hydrogens is 414 g/mol. The molecule has 31 heavy (non-hydrogen) atoms. The van der Waals surface area contributed by atoms with Gasteiger partial charge in [-0.25, -0.2) is 0 Å². The predicted molar refractivity (Wildman–Crippen MR) is 122 cm³/mol. The van der Waals surface area contributed by atoms with E-state index >= 15 is 0 Å². The molecule has 0 bridgehead atoms. The van der Waals surface area contributed by atoms with Crippen LogP contribution < -0.4 is 10.6 Å². The smallest absolute Gasteiger partial charge is 0.272 e. The highest BCUT2D eigenvalue weighted by Gasteiger charge is 2.15. The van der Waals surface area contributed by atoms with Crippen molar-refractivity contribution in [2.75, 3.05) is 11.6 Å². The number of nitrogens with one attached hydrogen (secondary N) is 2. The summed E-state index contributed by atoms with van der Waals surface area (Å²) in [7, 11) is 0. The summed E-state index contributed by atoms with van der Waals surface area (Å²) >= 11 is 1.58. The summed E-state index contributed by atoms with van der Waals surface area (Å²) in [6, 6.07) is 21.5. The van der Waals surface area contributed by atoms with Gasteiger partial charge in [-0.3, -0.25) is 19.7 Å². The normalized spacial score (nSPS) is 10.9. The number of rotatable bonds is 7. The zero-order valence-electron chi connectivity index (χ0n) is 16.6. The summed E-state index contributed by atoms with van der Waals surface area (Å²) < 4.78 is 0. The van der Waals surface area contributed by atoms with E-state index in [0.29, 0.717) is 16.8 Å². The Hall–Kier alpha value is -3.91. The van der Waals surface area contributed by atoms with Crippen LogP contribution in [0.15, 0.2) is 89.5 Å². The van der Waals surface area contributed by atoms with Crippen LogP contribution in [-0.2, 0) is 4.79 Å². The minimum atomic E-state index is -0.514. The molecule has 0 atom stereocenters. The number of amides is 2. The van der Waals surface area contributed by atoms with Gasteiger partial charge in [-0.2, -0.15) is 0 Å². The van der Waals surface area contributed by atoms with Gasteiger partial charge in [0.15, 0.2) is 0 Å². The molecule has 0 saturated carbocycles. The van der Waals surface area contributed by atoms with Gasteiger partial charge in [0, 0.05) is 28.3 Å². The van der Waals surface area contributed by atoms with E-state index in [9.17, 15) is 19.7 Å². The molecule has 8 heteroatoms. The van der Waals surface area contributed by atoms with Crippen molar-refractivity contribution in [2.45, 2.75) is 4.90 Å². The predicted octanol–water partition coefficient (Wildman–Crippen LogP) is 4.73. The Morgan fingerprint density at radius 1 is 0.935 bits per heavy atom. The summed E-state index contributed by atoms with van der Waals surface area (Å²) in [5.41, 5.74) is 1.45. The van der Waals surface area contributed by atoms with Gasteiger partial charge >= 0.3 is 0 Å². The Labute approximate surface area is 183 Å². The number of nitro benzene ring substituents is 1. The topological polar surface area (TPSA) is 101 Å². The van der Waals surface area contributed by atoms with Crippen LogP contribution in [0.3, 0.4) is 0 Å². The molecule has 0 heterocycles. The molecule has 0 aromatic heterocycles. The second-order valence-electron chi connectivity index (χ2n) is 6.41. The Morgan fingerprint density at radius 3 is 2.16 bits per heavy atom. The molecule has 0 spiro atoms. The summed E-state index contributed by atoms with van der Waals surface area (Å²) in [4.78, 5) is 36.9. The number of hydrogen-bond donors (Lipinski definition) is 2. The molecule has 0 saturated heterocycles. The number of carbonyl (C=O) groups excluding carboxylic acids is 2. The van der Waals surface area contributed by atoms with E-state index in [-0.39, 0.29) is 11.4 Å². The minimum Gasteiger partial charge on any atom is -0.321 e. The third kappa shape index (κ3) is 6.03. The lowest BCUT2D eigenvalue weighted by Crippen LogP contribution is -2.30. The molecule has 2 amide bonds. The van der Waals surface area contributed by atoms with Gasteiger partial charge < -0.3 is 10.6 Å². The van der Waals surface area contributed by atoms with Gasteiger partial charge in [0.1, 0.15) is 5.70 Å². The van der Waals surface area contributed by atoms with Crippen LogP contribution in [0.25, 0.3) is 6.08 Å². The molecule has 0 aliphatic heterocycles. The van der Waals surface area contributed by atoms with Crippen molar-refractivity contribution in [3.63, 3.8) is 0 Å². The van der Waals surface area contributed by atoms with Crippen LogP contribution in [0.4, 0.5) is 11.4 Å². The minimum absolute atomic E-state index is 0.0108. The quantitative estimate of drug-likeness (QED) is 0.243. The fourth-order valence-corrected chi connectivity index (χ4v) is 3.08. The second-order valence-corrected chi connectivity index (χ2v) is 7.29. The zero-order chi connectivity index (χ0) is 22.2. The lowest BCUT2D eigenvalue weighted by atomic mass is 10.1. The van der Waals surface area contributed by atoms with Gasteiger partial charge in [0.2, 0.25) is 0 Å². The summed E-state index contributed by atoms with van der Waals surface area (Å²) in [6.07, 6.45) is 3.42. The molecule has 0 unspecified atom stereocenters. The molecule has 7 nitrogen and oxygen atoms in total. The maximum Gasteiger partial charge on any atom is 0.272 e. The molecule has 3 aromatic carbocycles. The highest BCUT2D eigenvalue weighted by molar-refractivity contribution is 7.98. The van der Waals surface area contributed by atoms with Crippen molar-refractivity contribution in [3.8, 4) is 0 Å². The first-order valence-corrected chi connectivity index (χ1v) is 10.5. The molecule has 0 radical (unpaired) electrons. The number of anilines is 1. The Morgan fingerprint density at radius 2 is 1.58 bits per heavy atom.